The Hall–Kier alpha value is -0.630. The van der Waals surface area contributed by atoms with E-state index in [1.807, 2.05) is 19.9 Å². The second kappa shape index (κ2) is 6.10. The van der Waals surface area contributed by atoms with Gasteiger partial charge in [0.1, 0.15) is 0 Å². The molecule has 0 aromatic rings. The molecular weight excluding hydrogens is 136 g/mol. The molecule has 0 saturated heterocycles. The summed E-state index contributed by atoms with van der Waals surface area (Å²) in [5.41, 5.74) is 6.39. The lowest BCUT2D eigenvalue weighted by molar-refractivity contribution is 0.732. The second-order valence-electron chi connectivity index (χ2n) is 2.37. The minimum absolute atomic E-state index is 0.573. The van der Waals surface area contributed by atoms with Crippen molar-refractivity contribution in [3.05, 3.63) is 12.2 Å². The second-order valence-corrected chi connectivity index (χ2v) is 2.37. The van der Waals surface area contributed by atoms with E-state index in [0.717, 1.165) is 12.3 Å². The SMILES string of the molecule is CC.CC1C=CC(CN)=NC1. The fraction of sp³-hybridized carbons (Fsp3) is 0.667. The summed E-state index contributed by atoms with van der Waals surface area (Å²) in [4.78, 5) is 4.23. The van der Waals surface area contributed by atoms with E-state index < -0.39 is 0 Å². The molecule has 0 radical (unpaired) electrons. The topological polar surface area (TPSA) is 38.4 Å². The van der Waals surface area contributed by atoms with Gasteiger partial charge in [-0.1, -0.05) is 26.8 Å². The van der Waals surface area contributed by atoms with Crippen molar-refractivity contribution in [3.63, 3.8) is 0 Å². The van der Waals surface area contributed by atoms with E-state index in [0.29, 0.717) is 12.5 Å². The van der Waals surface area contributed by atoms with E-state index >= 15 is 0 Å². The van der Waals surface area contributed by atoms with Crippen molar-refractivity contribution in [2.45, 2.75) is 20.8 Å². The third-order valence-electron chi connectivity index (χ3n) is 1.41. The zero-order valence-electron chi connectivity index (χ0n) is 7.67. The van der Waals surface area contributed by atoms with Crippen molar-refractivity contribution in [1.82, 2.24) is 0 Å². The lowest BCUT2D eigenvalue weighted by atomic mass is 10.1. The predicted molar refractivity (Wildman–Crippen MR) is 51.0 cm³/mol. The minimum atomic E-state index is 0.573. The van der Waals surface area contributed by atoms with Gasteiger partial charge in [-0.05, 0) is 12.0 Å². The van der Waals surface area contributed by atoms with E-state index in [1.165, 1.54) is 0 Å². The first-order valence-corrected chi connectivity index (χ1v) is 4.24. The highest BCUT2D eigenvalue weighted by atomic mass is 14.8. The third-order valence-corrected chi connectivity index (χ3v) is 1.41. The van der Waals surface area contributed by atoms with Gasteiger partial charge >= 0.3 is 0 Å². The number of rotatable bonds is 1. The van der Waals surface area contributed by atoms with E-state index in [9.17, 15) is 0 Å². The monoisotopic (exact) mass is 154 g/mol. The molecule has 2 heteroatoms. The molecule has 64 valence electrons. The van der Waals surface area contributed by atoms with Crippen LogP contribution in [0.1, 0.15) is 20.8 Å². The lowest BCUT2D eigenvalue weighted by Gasteiger charge is -2.08. The molecule has 0 aromatic heterocycles. The molecular formula is C9H18N2. The molecule has 0 saturated carbocycles. The van der Waals surface area contributed by atoms with E-state index in [2.05, 4.69) is 18.0 Å². The molecule has 1 atom stereocenters. The first-order chi connectivity index (χ1) is 5.33. The quantitative estimate of drug-likeness (QED) is 0.612. The highest BCUT2D eigenvalue weighted by Gasteiger charge is 2.01. The number of hydrogen-bond donors (Lipinski definition) is 1. The van der Waals surface area contributed by atoms with Crippen molar-refractivity contribution in [1.29, 1.82) is 0 Å². The number of dihydropyridines is 1. The van der Waals surface area contributed by atoms with Gasteiger partial charge in [-0.25, -0.2) is 0 Å². The van der Waals surface area contributed by atoms with Crippen LogP contribution in [0.3, 0.4) is 0 Å². The molecule has 1 aliphatic rings. The molecule has 2 nitrogen and oxygen atoms in total. The van der Waals surface area contributed by atoms with E-state index in [4.69, 9.17) is 5.73 Å². The predicted octanol–water partition coefficient (Wildman–Crippen LogP) is 1.62. The zero-order valence-corrected chi connectivity index (χ0v) is 7.67. The van der Waals surface area contributed by atoms with Crippen LogP contribution >= 0.6 is 0 Å². The molecule has 1 aliphatic heterocycles. The smallest absolute Gasteiger partial charge is 0.0481 e. The van der Waals surface area contributed by atoms with Gasteiger partial charge in [0, 0.05) is 18.8 Å². The lowest BCUT2D eigenvalue weighted by Crippen LogP contribution is -2.16. The number of hydrogen-bond acceptors (Lipinski definition) is 2. The Morgan fingerprint density at radius 2 is 2.27 bits per heavy atom. The Kier molecular flexibility index (Phi) is 5.75. The normalized spacial score (nSPS) is 21.8. The largest absolute Gasteiger partial charge is 0.325 e. The summed E-state index contributed by atoms with van der Waals surface area (Å²) in [6.45, 7) is 7.62. The third kappa shape index (κ3) is 3.94. The average molecular weight is 154 g/mol. The van der Waals surface area contributed by atoms with Gasteiger partial charge in [-0.2, -0.15) is 0 Å². The number of aliphatic imine (C=N–C) groups is 1. The standard InChI is InChI=1S/C7H12N2.C2H6/c1-6-2-3-7(4-8)9-5-6;1-2/h2-3,6H,4-5,8H2,1H3;1-2H3. The van der Waals surface area contributed by atoms with Gasteiger partial charge in [-0.15, -0.1) is 0 Å². The van der Waals surface area contributed by atoms with Crippen molar-refractivity contribution >= 4 is 5.71 Å². The van der Waals surface area contributed by atoms with Crippen molar-refractivity contribution in [2.75, 3.05) is 13.1 Å². The fourth-order valence-electron chi connectivity index (χ4n) is 0.783. The van der Waals surface area contributed by atoms with Crippen LogP contribution in [0, 0.1) is 5.92 Å². The van der Waals surface area contributed by atoms with Crippen LogP contribution in [0.5, 0.6) is 0 Å². The Morgan fingerprint density at radius 3 is 2.64 bits per heavy atom. The zero-order chi connectivity index (χ0) is 8.69. The minimum Gasteiger partial charge on any atom is -0.325 e. The van der Waals surface area contributed by atoms with E-state index in [1.54, 1.807) is 0 Å². The van der Waals surface area contributed by atoms with Crippen LogP contribution in [0.4, 0.5) is 0 Å². The Morgan fingerprint density at radius 1 is 1.64 bits per heavy atom. The number of nitrogens with two attached hydrogens (primary N) is 1. The summed E-state index contributed by atoms with van der Waals surface area (Å²) >= 11 is 0. The van der Waals surface area contributed by atoms with Gasteiger partial charge < -0.3 is 5.73 Å². The molecule has 0 bridgehead atoms. The molecule has 0 aliphatic carbocycles. The Labute approximate surface area is 69.2 Å². The molecule has 1 heterocycles. The highest BCUT2D eigenvalue weighted by molar-refractivity contribution is 5.96. The molecule has 2 N–H and O–H groups in total. The van der Waals surface area contributed by atoms with Crippen LogP contribution in [-0.2, 0) is 0 Å². The summed E-state index contributed by atoms with van der Waals surface area (Å²) in [7, 11) is 0. The molecule has 0 amide bonds. The maximum Gasteiger partial charge on any atom is 0.0481 e. The Balaban J connectivity index is 0.000000461. The van der Waals surface area contributed by atoms with Crippen molar-refractivity contribution in [2.24, 2.45) is 16.6 Å². The van der Waals surface area contributed by atoms with Crippen LogP contribution in [0.2, 0.25) is 0 Å². The molecule has 11 heavy (non-hydrogen) atoms. The molecule has 0 spiro atoms. The summed E-state index contributed by atoms with van der Waals surface area (Å²) in [6, 6.07) is 0. The molecule has 0 fully saturated rings. The summed E-state index contributed by atoms with van der Waals surface area (Å²) in [6.07, 6.45) is 4.16. The summed E-state index contributed by atoms with van der Waals surface area (Å²) < 4.78 is 0. The maximum atomic E-state index is 5.37. The van der Waals surface area contributed by atoms with Gasteiger partial charge in [0.15, 0.2) is 0 Å². The Bertz CT molecular complexity index is 148. The van der Waals surface area contributed by atoms with Gasteiger partial charge in [0.05, 0.1) is 0 Å². The van der Waals surface area contributed by atoms with Gasteiger partial charge in [-0.3, -0.25) is 4.99 Å². The molecule has 1 unspecified atom stereocenters. The summed E-state index contributed by atoms with van der Waals surface area (Å²) in [5.74, 6) is 0.597. The van der Waals surface area contributed by atoms with Crippen LogP contribution in [0.25, 0.3) is 0 Å². The van der Waals surface area contributed by atoms with Crippen molar-refractivity contribution in [3.8, 4) is 0 Å². The van der Waals surface area contributed by atoms with Crippen LogP contribution in [-0.4, -0.2) is 18.8 Å². The maximum absolute atomic E-state index is 5.37. The van der Waals surface area contributed by atoms with Crippen LogP contribution < -0.4 is 5.73 Å². The summed E-state index contributed by atoms with van der Waals surface area (Å²) in [5, 5.41) is 0. The fourth-order valence-corrected chi connectivity index (χ4v) is 0.783. The van der Waals surface area contributed by atoms with Gasteiger partial charge in [0.25, 0.3) is 0 Å². The molecule has 1 rings (SSSR count). The first kappa shape index (κ1) is 10.4. The van der Waals surface area contributed by atoms with E-state index in [-0.39, 0.29) is 0 Å². The molecule has 0 aromatic carbocycles. The first-order valence-electron chi connectivity index (χ1n) is 4.24. The number of nitrogens with zero attached hydrogens (tertiary/aromatic N) is 1. The van der Waals surface area contributed by atoms with Crippen molar-refractivity contribution < 1.29 is 0 Å². The highest BCUT2D eigenvalue weighted by Crippen LogP contribution is 2.03. The average Bonchev–Trinajstić information content (AvgIpc) is 2.10. The van der Waals surface area contributed by atoms with Gasteiger partial charge in [0.2, 0.25) is 0 Å². The van der Waals surface area contributed by atoms with Crippen LogP contribution in [0.15, 0.2) is 17.1 Å².